The maximum atomic E-state index is 14.1. The van der Waals surface area contributed by atoms with Gasteiger partial charge in [0.2, 0.25) is 0 Å². The van der Waals surface area contributed by atoms with Gasteiger partial charge in [-0.3, -0.25) is 14.6 Å². The normalized spacial score (nSPS) is 18.5. The van der Waals surface area contributed by atoms with E-state index < -0.39 is 5.66 Å². The molecule has 0 bridgehead atoms. The molecular formula is C26H19ClN4O4. The van der Waals surface area contributed by atoms with E-state index in [1.807, 2.05) is 12.1 Å². The van der Waals surface area contributed by atoms with Crippen molar-refractivity contribution in [1.29, 1.82) is 0 Å². The van der Waals surface area contributed by atoms with E-state index in [0.717, 1.165) is 5.56 Å². The molecule has 2 aliphatic heterocycles. The SMILES string of the molecule is COc1ccc(-c2ocnc2C(=O)N2CCN3C(=O)c4ccncc4C32c2ccc(Cl)cc2)cc1. The molecule has 2 amide bonds. The number of hydrogen-bond donors (Lipinski definition) is 0. The van der Waals surface area contributed by atoms with Crippen LogP contribution in [0.2, 0.25) is 5.02 Å². The van der Waals surface area contributed by atoms with Crippen molar-refractivity contribution >= 4 is 23.4 Å². The van der Waals surface area contributed by atoms with Crippen LogP contribution in [-0.4, -0.2) is 51.8 Å². The fraction of sp³-hybridized carbons (Fsp3) is 0.154. The molecule has 1 unspecified atom stereocenters. The number of amides is 2. The van der Waals surface area contributed by atoms with Crippen LogP contribution in [-0.2, 0) is 5.66 Å². The van der Waals surface area contributed by atoms with Gasteiger partial charge in [-0.1, -0.05) is 23.7 Å². The Bertz CT molecular complexity index is 1450. The van der Waals surface area contributed by atoms with Gasteiger partial charge < -0.3 is 19.0 Å². The third kappa shape index (κ3) is 2.99. The summed E-state index contributed by atoms with van der Waals surface area (Å²) in [5.74, 6) is 0.527. The Morgan fingerprint density at radius 2 is 1.86 bits per heavy atom. The van der Waals surface area contributed by atoms with E-state index in [4.69, 9.17) is 20.8 Å². The topological polar surface area (TPSA) is 88.8 Å². The highest BCUT2D eigenvalue weighted by Gasteiger charge is 2.60. The van der Waals surface area contributed by atoms with Crippen LogP contribution in [0, 0.1) is 0 Å². The zero-order chi connectivity index (χ0) is 24.2. The van der Waals surface area contributed by atoms with Crippen LogP contribution in [0.15, 0.2) is 77.8 Å². The lowest BCUT2D eigenvalue weighted by atomic mass is 9.90. The number of fused-ring (bicyclic) bond motifs is 3. The highest BCUT2D eigenvalue weighted by molar-refractivity contribution is 6.30. The maximum Gasteiger partial charge on any atom is 0.278 e. The molecule has 0 aliphatic carbocycles. The molecule has 0 N–H and O–H groups in total. The Hall–Kier alpha value is -4.17. The van der Waals surface area contributed by atoms with Crippen molar-refractivity contribution in [3.8, 4) is 17.1 Å². The van der Waals surface area contributed by atoms with E-state index in [1.165, 1.54) is 6.39 Å². The van der Waals surface area contributed by atoms with Gasteiger partial charge in [-0.05, 0) is 42.5 Å². The standard InChI is InChI=1S/C26H19ClN4O4/c1-34-19-8-2-16(3-9-19)23-22(29-15-35-23)25(33)31-13-12-30-24(32)20-10-11-28-14-21(20)26(30,31)17-4-6-18(27)7-5-17/h2-11,14-15H,12-13H2,1H3. The van der Waals surface area contributed by atoms with Crippen molar-refractivity contribution in [1.82, 2.24) is 19.8 Å². The molecule has 0 spiro atoms. The van der Waals surface area contributed by atoms with E-state index in [9.17, 15) is 9.59 Å². The Labute approximate surface area is 205 Å². The minimum absolute atomic E-state index is 0.150. The van der Waals surface area contributed by atoms with Crippen molar-refractivity contribution in [3.63, 3.8) is 0 Å². The molecule has 2 aliphatic rings. The van der Waals surface area contributed by atoms with Crippen LogP contribution in [0.4, 0.5) is 0 Å². The van der Waals surface area contributed by atoms with Crippen molar-refractivity contribution < 1.29 is 18.7 Å². The lowest BCUT2D eigenvalue weighted by molar-refractivity contribution is 0.0371. The fourth-order valence-corrected chi connectivity index (χ4v) is 5.21. The number of aromatic nitrogens is 2. The Kier molecular flexibility index (Phi) is 4.86. The number of rotatable bonds is 4. The van der Waals surface area contributed by atoms with Crippen molar-refractivity contribution in [2.75, 3.05) is 20.2 Å². The molecule has 1 saturated heterocycles. The number of methoxy groups -OCH3 is 1. The van der Waals surface area contributed by atoms with E-state index in [-0.39, 0.29) is 17.5 Å². The van der Waals surface area contributed by atoms with E-state index in [2.05, 4.69) is 9.97 Å². The van der Waals surface area contributed by atoms with Gasteiger partial charge >= 0.3 is 0 Å². The van der Waals surface area contributed by atoms with Crippen LogP contribution in [0.3, 0.4) is 0 Å². The highest BCUT2D eigenvalue weighted by Crippen LogP contribution is 2.50. The number of halogens is 1. The quantitative estimate of drug-likeness (QED) is 0.429. The number of pyridine rings is 1. The summed E-state index contributed by atoms with van der Waals surface area (Å²) >= 11 is 6.17. The second-order valence-corrected chi connectivity index (χ2v) is 8.71. The van der Waals surface area contributed by atoms with Gasteiger partial charge in [-0.2, -0.15) is 0 Å². The van der Waals surface area contributed by atoms with Gasteiger partial charge in [0.1, 0.15) is 5.75 Å². The average molecular weight is 487 g/mol. The molecule has 4 heterocycles. The van der Waals surface area contributed by atoms with Crippen molar-refractivity contribution in [3.05, 3.63) is 101 Å². The number of carbonyl (C=O) groups is 2. The van der Waals surface area contributed by atoms with E-state index in [1.54, 1.807) is 71.8 Å². The molecule has 4 aromatic rings. The zero-order valence-electron chi connectivity index (χ0n) is 18.6. The van der Waals surface area contributed by atoms with Crippen molar-refractivity contribution in [2.24, 2.45) is 0 Å². The van der Waals surface area contributed by atoms with Gasteiger partial charge in [0, 0.05) is 47.2 Å². The smallest absolute Gasteiger partial charge is 0.278 e. The van der Waals surface area contributed by atoms with Crippen molar-refractivity contribution in [2.45, 2.75) is 5.66 Å². The monoisotopic (exact) mass is 486 g/mol. The van der Waals surface area contributed by atoms with E-state index in [0.29, 0.717) is 46.3 Å². The van der Waals surface area contributed by atoms with Gasteiger partial charge in [0.25, 0.3) is 11.8 Å². The summed E-state index contributed by atoms with van der Waals surface area (Å²) in [6.45, 7) is 0.675. The number of oxazole rings is 1. The van der Waals surface area contributed by atoms with Crippen LogP contribution < -0.4 is 4.74 Å². The Morgan fingerprint density at radius 3 is 2.60 bits per heavy atom. The molecule has 2 aromatic carbocycles. The molecule has 2 aromatic heterocycles. The molecule has 0 radical (unpaired) electrons. The first kappa shape index (κ1) is 21.4. The fourth-order valence-electron chi connectivity index (χ4n) is 5.08. The summed E-state index contributed by atoms with van der Waals surface area (Å²) in [5.41, 5.74) is 1.58. The lowest BCUT2D eigenvalue weighted by Gasteiger charge is -2.40. The lowest BCUT2D eigenvalue weighted by Crippen LogP contribution is -2.51. The first-order chi connectivity index (χ1) is 17.1. The number of carbonyl (C=O) groups excluding carboxylic acids is 2. The molecule has 1 fully saturated rings. The molecule has 0 saturated carbocycles. The summed E-state index contributed by atoms with van der Waals surface area (Å²) in [4.78, 5) is 39.5. The molecule has 174 valence electrons. The first-order valence-electron chi connectivity index (χ1n) is 11.0. The van der Waals surface area contributed by atoms with Crippen LogP contribution in [0.5, 0.6) is 5.75 Å². The average Bonchev–Trinajstić information content (AvgIpc) is 3.59. The van der Waals surface area contributed by atoms with E-state index >= 15 is 0 Å². The molecule has 9 heteroatoms. The van der Waals surface area contributed by atoms with Gasteiger partial charge in [-0.15, -0.1) is 0 Å². The predicted octanol–water partition coefficient (Wildman–Crippen LogP) is 4.21. The first-order valence-corrected chi connectivity index (χ1v) is 11.4. The van der Waals surface area contributed by atoms with Crippen LogP contribution in [0.25, 0.3) is 11.3 Å². The number of benzene rings is 2. The van der Waals surface area contributed by atoms with Gasteiger partial charge in [0.15, 0.2) is 23.5 Å². The summed E-state index contributed by atoms with van der Waals surface area (Å²) < 4.78 is 10.9. The third-order valence-electron chi connectivity index (χ3n) is 6.61. The maximum absolute atomic E-state index is 14.1. The summed E-state index contributed by atoms with van der Waals surface area (Å²) in [6, 6.07) is 16.1. The minimum atomic E-state index is -1.17. The number of hydrogen-bond acceptors (Lipinski definition) is 6. The van der Waals surface area contributed by atoms with Gasteiger partial charge in [-0.25, -0.2) is 4.98 Å². The van der Waals surface area contributed by atoms with Gasteiger partial charge in [0.05, 0.1) is 12.7 Å². The predicted molar refractivity (Wildman–Crippen MR) is 127 cm³/mol. The molecular weight excluding hydrogens is 468 g/mol. The summed E-state index contributed by atoms with van der Waals surface area (Å²) in [6.07, 6.45) is 4.49. The summed E-state index contributed by atoms with van der Waals surface area (Å²) in [7, 11) is 1.59. The second kappa shape index (κ2) is 7.95. The molecule has 1 atom stereocenters. The molecule has 6 rings (SSSR count). The summed E-state index contributed by atoms with van der Waals surface area (Å²) in [5, 5.41) is 0.557. The van der Waals surface area contributed by atoms with Crippen LogP contribution in [0.1, 0.15) is 32.0 Å². The number of nitrogens with zero attached hydrogens (tertiary/aromatic N) is 4. The molecule has 8 nitrogen and oxygen atoms in total. The zero-order valence-corrected chi connectivity index (χ0v) is 19.4. The second-order valence-electron chi connectivity index (χ2n) is 8.27. The van der Waals surface area contributed by atoms with Crippen LogP contribution >= 0.6 is 11.6 Å². The number of ether oxygens (including phenoxy) is 1. The largest absolute Gasteiger partial charge is 0.497 e. The third-order valence-corrected chi connectivity index (χ3v) is 6.87. The Morgan fingerprint density at radius 1 is 1.09 bits per heavy atom. The molecule has 35 heavy (non-hydrogen) atoms. The minimum Gasteiger partial charge on any atom is -0.497 e. The Balaban J connectivity index is 1.51. The highest BCUT2D eigenvalue weighted by atomic mass is 35.5.